The summed E-state index contributed by atoms with van der Waals surface area (Å²) in [5.74, 6) is 0.616. The molecule has 1 aliphatic rings. The van der Waals surface area contributed by atoms with Gasteiger partial charge >= 0.3 is 0 Å². The molecule has 1 aromatic rings. The molecule has 2 rings (SSSR count). The van der Waals surface area contributed by atoms with Gasteiger partial charge < -0.3 is 19.7 Å². The van der Waals surface area contributed by atoms with Gasteiger partial charge in [0.15, 0.2) is 0 Å². The molecule has 1 saturated heterocycles. The van der Waals surface area contributed by atoms with Gasteiger partial charge in [-0.05, 0) is 0 Å². The molecule has 17 heavy (non-hydrogen) atoms. The molecule has 2 heterocycles. The van der Waals surface area contributed by atoms with Crippen LogP contribution in [0.1, 0.15) is 0 Å². The van der Waals surface area contributed by atoms with Crippen molar-refractivity contribution in [3.8, 4) is 0 Å². The first kappa shape index (κ1) is 12.1. The lowest BCUT2D eigenvalue weighted by atomic mass is 10.3. The maximum Gasteiger partial charge on any atom is 0.222 e. The van der Waals surface area contributed by atoms with Gasteiger partial charge in [0.1, 0.15) is 0 Å². The van der Waals surface area contributed by atoms with Crippen LogP contribution in [0.15, 0.2) is 12.4 Å². The molecule has 0 amide bonds. The van der Waals surface area contributed by atoms with E-state index in [-0.39, 0.29) is 6.10 Å². The summed E-state index contributed by atoms with van der Waals surface area (Å²) >= 11 is 0. The van der Waals surface area contributed by atoms with Crippen molar-refractivity contribution in [2.24, 2.45) is 0 Å². The molecule has 0 aromatic carbocycles. The summed E-state index contributed by atoms with van der Waals surface area (Å²) in [5.41, 5.74) is 0.979. The highest BCUT2D eigenvalue weighted by Crippen LogP contribution is 2.09. The van der Waals surface area contributed by atoms with Crippen LogP contribution in [-0.4, -0.2) is 56.5 Å². The lowest BCUT2D eigenvalue weighted by Gasteiger charge is -2.23. The number of hydrogen-bond acceptors (Lipinski definition) is 6. The fourth-order valence-electron chi connectivity index (χ4n) is 1.50. The summed E-state index contributed by atoms with van der Waals surface area (Å²) in [6.07, 6.45) is 3.65. The molecule has 1 aliphatic heterocycles. The fraction of sp³-hybridized carbons (Fsp3) is 0.636. The van der Waals surface area contributed by atoms with Gasteiger partial charge in [0.05, 0.1) is 44.0 Å². The first-order valence-electron chi connectivity index (χ1n) is 5.68. The zero-order valence-corrected chi connectivity index (χ0v) is 10.2. The Labute approximate surface area is 101 Å². The van der Waals surface area contributed by atoms with Crippen molar-refractivity contribution >= 4 is 11.6 Å². The molecule has 6 heteroatoms. The van der Waals surface area contributed by atoms with Gasteiger partial charge in [-0.15, -0.1) is 0 Å². The Morgan fingerprint density at radius 2 is 2.12 bits per heavy atom. The molecule has 0 saturated carbocycles. The zero-order chi connectivity index (χ0) is 12.1. The lowest BCUT2D eigenvalue weighted by molar-refractivity contribution is -0.0819. The Bertz CT molecular complexity index is 336. The van der Waals surface area contributed by atoms with E-state index in [2.05, 4.69) is 15.3 Å². The summed E-state index contributed by atoms with van der Waals surface area (Å²) in [4.78, 5) is 10.4. The maximum absolute atomic E-state index is 5.51. The Hall–Kier alpha value is -1.40. The van der Waals surface area contributed by atoms with E-state index < -0.39 is 0 Å². The molecule has 6 nitrogen and oxygen atoms in total. The summed E-state index contributed by atoms with van der Waals surface area (Å²) in [6, 6.07) is 0. The molecular formula is C11H18N4O2. The van der Waals surface area contributed by atoms with E-state index in [4.69, 9.17) is 9.47 Å². The zero-order valence-electron chi connectivity index (χ0n) is 10.2. The van der Waals surface area contributed by atoms with Crippen molar-refractivity contribution in [3.63, 3.8) is 0 Å². The van der Waals surface area contributed by atoms with E-state index >= 15 is 0 Å². The molecule has 94 valence electrons. The predicted molar refractivity (Wildman–Crippen MR) is 65.4 cm³/mol. The average Bonchev–Trinajstić information content (AvgIpc) is 2.38. The van der Waals surface area contributed by atoms with Crippen LogP contribution in [0.3, 0.4) is 0 Å². The van der Waals surface area contributed by atoms with Crippen molar-refractivity contribution < 1.29 is 9.47 Å². The minimum absolute atomic E-state index is 0.0841. The summed E-state index contributed by atoms with van der Waals surface area (Å²) in [6.45, 7) is 2.64. The average molecular weight is 238 g/mol. The van der Waals surface area contributed by atoms with Gasteiger partial charge in [0, 0.05) is 20.6 Å². The number of nitrogens with one attached hydrogen (secondary N) is 1. The molecule has 0 spiro atoms. The summed E-state index contributed by atoms with van der Waals surface area (Å²) < 4.78 is 10.8. The first-order valence-corrected chi connectivity index (χ1v) is 5.68. The second kappa shape index (κ2) is 5.79. The third-order valence-electron chi connectivity index (χ3n) is 2.53. The number of nitrogens with zero attached hydrogens (tertiary/aromatic N) is 3. The molecule has 1 N–H and O–H groups in total. The van der Waals surface area contributed by atoms with Crippen LogP contribution in [0.25, 0.3) is 0 Å². The van der Waals surface area contributed by atoms with Crippen LogP contribution in [0, 0.1) is 0 Å². The highest BCUT2D eigenvalue weighted by Gasteiger charge is 2.14. The Morgan fingerprint density at radius 1 is 1.35 bits per heavy atom. The van der Waals surface area contributed by atoms with Crippen LogP contribution in [-0.2, 0) is 9.47 Å². The number of rotatable bonds is 4. The van der Waals surface area contributed by atoms with E-state index in [1.54, 1.807) is 12.4 Å². The largest absolute Gasteiger partial charge is 0.376 e. The van der Waals surface area contributed by atoms with Crippen LogP contribution in [0.2, 0.25) is 0 Å². The first-order chi connectivity index (χ1) is 8.25. The third-order valence-corrected chi connectivity index (χ3v) is 2.53. The summed E-state index contributed by atoms with van der Waals surface area (Å²) in [5, 5.41) is 3.13. The molecule has 1 aromatic heterocycles. The van der Waals surface area contributed by atoms with Gasteiger partial charge in [-0.25, -0.2) is 9.97 Å². The highest BCUT2D eigenvalue weighted by molar-refractivity contribution is 5.42. The Morgan fingerprint density at radius 3 is 2.71 bits per heavy atom. The number of ether oxygens (including phenoxy) is 2. The molecule has 1 atom stereocenters. The van der Waals surface area contributed by atoms with Crippen molar-refractivity contribution in [2.75, 3.05) is 50.7 Å². The SMILES string of the molecule is CN(C)c1cnc(NC[C@@H]2COCCO2)nc1. The van der Waals surface area contributed by atoms with Crippen molar-refractivity contribution in [1.29, 1.82) is 0 Å². The minimum atomic E-state index is 0.0841. The fourth-order valence-corrected chi connectivity index (χ4v) is 1.50. The molecule has 0 bridgehead atoms. The minimum Gasteiger partial charge on any atom is -0.376 e. The van der Waals surface area contributed by atoms with Crippen molar-refractivity contribution in [2.45, 2.75) is 6.10 Å². The second-order valence-electron chi connectivity index (χ2n) is 4.11. The number of anilines is 2. The lowest BCUT2D eigenvalue weighted by Crippen LogP contribution is -2.34. The normalized spacial score (nSPS) is 20.0. The maximum atomic E-state index is 5.51. The topological polar surface area (TPSA) is 59.5 Å². The summed E-state index contributed by atoms with van der Waals surface area (Å²) in [7, 11) is 3.91. The van der Waals surface area contributed by atoms with Gasteiger partial charge in [-0.1, -0.05) is 0 Å². The Balaban J connectivity index is 1.82. The van der Waals surface area contributed by atoms with Gasteiger partial charge in [-0.3, -0.25) is 0 Å². The van der Waals surface area contributed by atoms with E-state index in [9.17, 15) is 0 Å². The molecule has 0 aliphatic carbocycles. The Kier molecular flexibility index (Phi) is 4.11. The van der Waals surface area contributed by atoms with Crippen LogP contribution < -0.4 is 10.2 Å². The highest BCUT2D eigenvalue weighted by atomic mass is 16.6. The van der Waals surface area contributed by atoms with E-state index in [1.165, 1.54) is 0 Å². The third kappa shape index (κ3) is 3.54. The van der Waals surface area contributed by atoms with E-state index in [0.717, 1.165) is 5.69 Å². The smallest absolute Gasteiger partial charge is 0.222 e. The van der Waals surface area contributed by atoms with Crippen LogP contribution >= 0.6 is 0 Å². The molecular weight excluding hydrogens is 220 g/mol. The van der Waals surface area contributed by atoms with E-state index in [1.807, 2.05) is 19.0 Å². The quantitative estimate of drug-likeness (QED) is 0.818. The number of hydrogen-bond donors (Lipinski definition) is 1. The molecule has 0 unspecified atom stereocenters. The standard InChI is InChI=1S/C11H18N4O2/c1-15(2)9-5-12-11(13-6-9)14-7-10-8-16-3-4-17-10/h5-6,10H,3-4,7-8H2,1-2H3,(H,12,13,14)/t10-/m1/s1. The van der Waals surface area contributed by atoms with Crippen molar-refractivity contribution in [1.82, 2.24) is 9.97 Å². The van der Waals surface area contributed by atoms with E-state index in [0.29, 0.717) is 32.3 Å². The van der Waals surface area contributed by atoms with Gasteiger partial charge in [0.25, 0.3) is 0 Å². The molecule has 0 radical (unpaired) electrons. The second-order valence-corrected chi connectivity index (χ2v) is 4.11. The monoisotopic (exact) mass is 238 g/mol. The predicted octanol–water partition coefficient (Wildman–Crippen LogP) is 0.370. The molecule has 1 fully saturated rings. The van der Waals surface area contributed by atoms with Gasteiger partial charge in [-0.2, -0.15) is 0 Å². The van der Waals surface area contributed by atoms with Gasteiger partial charge in [0.2, 0.25) is 5.95 Å². The van der Waals surface area contributed by atoms with Crippen molar-refractivity contribution in [3.05, 3.63) is 12.4 Å². The van der Waals surface area contributed by atoms with Crippen LogP contribution in [0.5, 0.6) is 0 Å². The number of aromatic nitrogens is 2. The van der Waals surface area contributed by atoms with Crippen LogP contribution in [0.4, 0.5) is 11.6 Å².